The maximum absolute atomic E-state index is 12.5. The average Bonchev–Trinajstić information content (AvgIpc) is 3.31. The lowest BCUT2D eigenvalue weighted by atomic mass is 10.1. The summed E-state index contributed by atoms with van der Waals surface area (Å²) >= 11 is 1.62. The minimum Gasteiger partial charge on any atom is -0.322 e. The highest BCUT2D eigenvalue weighted by Crippen LogP contribution is 2.27. The molecule has 3 aromatic carbocycles. The van der Waals surface area contributed by atoms with Gasteiger partial charge >= 0.3 is 0 Å². The summed E-state index contributed by atoms with van der Waals surface area (Å²) in [6.07, 6.45) is 3.56. The molecule has 0 saturated carbocycles. The van der Waals surface area contributed by atoms with Crippen LogP contribution in [0.5, 0.6) is 0 Å². The topological polar surface area (TPSA) is 72.7 Å². The van der Waals surface area contributed by atoms with E-state index in [1.807, 2.05) is 84.9 Å². The summed E-state index contributed by atoms with van der Waals surface area (Å²) < 4.78 is 2.12. The number of benzene rings is 3. The maximum Gasteiger partial charge on any atom is 0.255 e. The predicted octanol–water partition coefficient (Wildman–Crippen LogP) is 5.93. The first kappa shape index (κ1) is 22.6. The highest BCUT2D eigenvalue weighted by Gasteiger charge is 2.15. The molecule has 2 aromatic heterocycles. The van der Waals surface area contributed by atoms with Crippen LogP contribution in [0.2, 0.25) is 0 Å². The smallest absolute Gasteiger partial charge is 0.255 e. The highest BCUT2D eigenvalue weighted by molar-refractivity contribution is 7.98. The Bertz CT molecular complexity index is 1390. The molecule has 0 bridgehead atoms. The fourth-order valence-corrected chi connectivity index (χ4v) is 4.53. The number of pyridine rings is 1. The second-order valence-electron chi connectivity index (χ2n) is 7.93. The molecule has 0 unspecified atom stereocenters. The van der Waals surface area contributed by atoms with E-state index in [0.29, 0.717) is 17.9 Å². The molecule has 0 spiro atoms. The molecule has 7 heteroatoms. The minimum absolute atomic E-state index is 0.126. The van der Waals surface area contributed by atoms with Crippen LogP contribution in [-0.2, 0) is 12.3 Å². The molecule has 2 heterocycles. The molecule has 35 heavy (non-hydrogen) atoms. The third-order valence-electron chi connectivity index (χ3n) is 5.44. The molecule has 6 nitrogen and oxygen atoms in total. The van der Waals surface area contributed by atoms with E-state index < -0.39 is 0 Å². The van der Waals surface area contributed by atoms with Crippen molar-refractivity contribution in [3.63, 3.8) is 0 Å². The first-order chi connectivity index (χ1) is 17.3. The number of thioether (sulfide) groups is 1. The van der Waals surface area contributed by atoms with E-state index in [1.165, 1.54) is 5.56 Å². The first-order valence-electron chi connectivity index (χ1n) is 11.2. The van der Waals surface area contributed by atoms with Gasteiger partial charge in [-0.05, 0) is 47.5 Å². The summed E-state index contributed by atoms with van der Waals surface area (Å²) in [5, 5.41) is 12.7. The van der Waals surface area contributed by atoms with Crippen LogP contribution in [0.25, 0.3) is 11.4 Å². The van der Waals surface area contributed by atoms with Crippen LogP contribution in [-0.4, -0.2) is 25.7 Å². The summed E-state index contributed by atoms with van der Waals surface area (Å²) in [7, 11) is 0. The van der Waals surface area contributed by atoms with Gasteiger partial charge in [0, 0.05) is 35.0 Å². The van der Waals surface area contributed by atoms with Crippen LogP contribution in [0, 0.1) is 0 Å². The fourth-order valence-electron chi connectivity index (χ4n) is 3.64. The lowest BCUT2D eigenvalue weighted by Crippen LogP contribution is -2.11. The van der Waals surface area contributed by atoms with Crippen molar-refractivity contribution in [1.29, 1.82) is 0 Å². The van der Waals surface area contributed by atoms with Crippen LogP contribution in [0.3, 0.4) is 0 Å². The van der Waals surface area contributed by atoms with E-state index in [4.69, 9.17) is 0 Å². The van der Waals surface area contributed by atoms with Crippen LogP contribution in [0.1, 0.15) is 21.5 Å². The van der Waals surface area contributed by atoms with E-state index in [2.05, 4.69) is 37.2 Å². The quantitative estimate of drug-likeness (QED) is 0.280. The van der Waals surface area contributed by atoms with Gasteiger partial charge in [0.05, 0.1) is 6.54 Å². The minimum atomic E-state index is -0.126. The van der Waals surface area contributed by atoms with Gasteiger partial charge in [-0.1, -0.05) is 72.4 Å². The zero-order valence-corrected chi connectivity index (χ0v) is 19.7. The van der Waals surface area contributed by atoms with Gasteiger partial charge in [-0.15, -0.1) is 10.2 Å². The van der Waals surface area contributed by atoms with Crippen molar-refractivity contribution < 1.29 is 4.79 Å². The van der Waals surface area contributed by atoms with Gasteiger partial charge in [-0.3, -0.25) is 14.3 Å². The molecule has 0 aliphatic carbocycles. The van der Waals surface area contributed by atoms with Crippen molar-refractivity contribution in [2.45, 2.75) is 17.5 Å². The molecule has 0 fully saturated rings. The number of nitrogens with zero attached hydrogens (tertiary/aromatic N) is 4. The second-order valence-corrected chi connectivity index (χ2v) is 8.87. The fraction of sp³-hybridized carbons (Fsp3) is 0.0714. The Labute approximate surface area is 208 Å². The van der Waals surface area contributed by atoms with Gasteiger partial charge in [-0.25, -0.2) is 0 Å². The zero-order valence-electron chi connectivity index (χ0n) is 18.9. The Kier molecular flexibility index (Phi) is 6.96. The summed E-state index contributed by atoms with van der Waals surface area (Å²) in [6, 6.07) is 31.3. The number of carbonyl (C=O) groups excluding carboxylic acids is 1. The van der Waals surface area contributed by atoms with E-state index in [9.17, 15) is 4.79 Å². The van der Waals surface area contributed by atoms with Gasteiger partial charge in [0.2, 0.25) is 0 Å². The van der Waals surface area contributed by atoms with Crippen molar-refractivity contribution in [1.82, 2.24) is 19.7 Å². The zero-order chi connectivity index (χ0) is 23.9. The van der Waals surface area contributed by atoms with Crippen LogP contribution in [0.15, 0.2) is 115 Å². The standard InChI is InChI=1S/C28H23N5OS/c34-27(30-25-11-5-2-6-12-25)23-15-13-22(14-16-23)20-35-28-32-31-26(24-10-7-17-29-18-24)33(28)19-21-8-3-1-4-9-21/h1-18H,19-20H2,(H,30,34). The maximum atomic E-state index is 12.5. The number of aromatic nitrogens is 4. The number of para-hydroxylation sites is 1. The third kappa shape index (κ3) is 5.65. The van der Waals surface area contributed by atoms with Gasteiger partial charge < -0.3 is 5.32 Å². The second kappa shape index (κ2) is 10.8. The Morgan fingerprint density at radius 1 is 0.800 bits per heavy atom. The molecule has 0 atom stereocenters. The molecule has 1 amide bonds. The van der Waals surface area contributed by atoms with E-state index >= 15 is 0 Å². The number of anilines is 1. The Hall–Kier alpha value is -4.23. The molecule has 0 aliphatic heterocycles. The molecule has 1 N–H and O–H groups in total. The van der Waals surface area contributed by atoms with Crippen LogP contribution in [0.4, 0.5) is 5.69 Å². The van der Waals surface area contributed by atoms with Gasteiger partial charge in [0.25, 0.3) is 5.91 Å². The molecule has 0 aliphatic rings. The molecule has 0 saturated heterocycles. The van der Waals surface area contributed by atoms with Crippen molar-refractivity contribution in [3.05, 3.63) is 126 Å². The lowest BCUT2D eigenvalue weighted by Gasteiger charge is -2.11. The number of nitrogens with one attached hydrogen (secondary N) is 1. The number of amides is 1. The monoisotopic (exact) mass is 477 g/mol. The molecule has 0 radical (unpaired) electrons. The molecule has 172 valence electrons. The van der Waals surface area contributed by atoms with Gasteiger partial charge in [-0.2, -0.15) is 0 Å². The molecular weight excluding hydrogens is 454 g/mol. The summed E-state index contributed by atoms with van der Waals surface area (Å²) in [5.74, 6) is 1.37. The lowest BCUT2D eigenvalue weighted by molar-refractivity contribution is 0.102. The largest absolute Gasteiger partial charge is 0.322 e. The van der Waals surface area contributed by atoms with E-state index in [-0.39, 0.29) is 5.91 Å². The van der Waals surface area contributed by atoms with Gasteiger partial charge in [0.15, 0.2) is 11.0 Å². The Balaban J connectivity index is 1.31. The van der Waals surface area contributed by atoms with Crippen molar-refractivity contribution in [2.24, 2.45) is 0 Å². The molecule has 5 aromatic rings. The molecule has 5 rings (SSSR count). The number of hydrogen-bond donors (Lipinski definition) is 1. The van der Waals surface area contributed by atoms with E-state index in [1.54, 1.807) is 24.2 Å². The predicted molar refractivity (Wildman–Crippen MR) is 139 cm³/mol. The summed E-state index contributed by atoms with van der Waals surface area (Å²) in [4.78, 5) is 16.8. The van der Waals surface area contributed by atoms with Crippen molar-refractivity contribution in [2.75, 3.05) is 5.32 Å². The van der Waals surface area contributed by atoms with E-state index in [0.717, 1.165) is 27.8 Å². The normalized spacial score (nSPS) is 10.7. The first-order valence-corrected chi connectivity index (χ1v) is 12.2. The number of rotatable bonds is 8. The number of hydrogen-bond acceptors (Lipinski definition) is 5. The molecular formula is C28H23N5OS. The summed E-state index contributed by atoms with van der Waals surface area (Å²) in [5.41, 5.74) is 4.60. The van der Waals surface area contributed by atoms with Crippen LogP contribution < -0.4 is 5.32 Å². The summed E-state index contributed by atoms with van der Waals surface area (Å²) in [6.45, 7) is 0.666. The van der Waals surface area contributed by atoms with Crippen LogP contribution >= 0.6 is 11.8 Å². The van der Waals surface area contributed by atoms with Gasteiger partial charge in [0.1, 0.15) is 0 Å². The van der Waals surface area contributed by atoms with Crippen molar-refractivity contribution in [3.8, 4) is 11.4 Å². The highest BCUT2D eigenvalue weighted by atomic mass is 32.2. The Morgan fingerprint density at radius 3 is 2.26 bits per heavy atom. The van der Waals surface area contributed by atoms with Crippen molar-refractivity contribution >= 4 is 23.4 Å². The third-order valence-corrected chi connectivity index (χ3v) is 6.47. The Morgan fingerprint density at radius 2 is 1.54 bits per heavy atom. The average molecular weight is 478 g/mol. The number of carbonyl (C=O) groups is 1. The SMILES string of the molecule is O=C(Nc1ccccc1)c1ccc(CSc2nnc(-c3cccnc3)n2Cc2ccccc2)cc1.